The lowest BCUT2D eigenvalue weighted by Gasteiger charge is -2.01. The van der Waals surface area contributed by atoms with E-state index in [0.29, 0.717) is 5.56 Å². The van der Waals surface area contributed by atoms with Gasteiger partial charge >= 0.3 is 0 Å². The van der Waals surface area contributed by atoms with Gasteiger partial charge < -0.3 is 4.74 Å². The highest BCUT2D eigenvalue weighted by Crippen LogP contribution is 2.09. The molecule has 0 amide bonds. The Morgan fingerprint density at radius 3 is 2.75 bits per heavy atom. The zero-order chi connectivity index (χ0) is 14.4. The molecule has 1 heterocycles. The number of ether oxygens (including phenoxy) is 1. The fraction of sp³-hybridized carbons (Fsp3) is 0.286. The van der Waals surface area contributed by atoms with E-state index in [4.69, 9.17) is 0 Å². The fourth-order valence-electron chi connectivity index (χ4n) is 1.67. The molecule has 6 heteroatoms. The number of carbonyl (C=O) groups is 1. The summed E-state index contributed by atoms with van der Waals surface area (Å²) in [6.07, 6.45) is 0.631. The minimum atomic E-state index is -2.51. The van der Waals surface area contributed by atoms with Gasteiger partial charge in [-0.05, 0) is 12.1 Å². The molecule has 0 saturated heterocycles. The number of hydrogen-bond donors (Lipinski definition) is 0. The van der Waals surface area contributed by atoms with Crippen LogP contribution in [0.15, 0.2) is 42.7 Å². The van der Waals surface area contributed by atoms with Crippen LogP contribution in [-0.4, -0.2) is 35.2 Å². The zero-order valence-electron chi connectivity index (χ0n) is 10.7. The molecule has 0 aliphatic rings. The molecule has 0 unspecified atom stereocenters. The van der Waals surface area contributed by atoms with E-state index < -0.39 is 13.0 Å². The minimum absolute atomic E-state index is 0.0142. The number of ketones is 1. The third-order valence-electron chi connectivity index (χ3n) is 2.64. The number of alkyl halides is 2. The third-order valence-corrected chi connectivity index (χ3v) is 2.64. The van der Waals surface area contributed by atoms with Gasteiger partial charge in [0.15, 0.2) is 5.78 Å². The lowest BCUT2D eigenvalue weighted by Crippen LogP contribution is -2.09. The Labute approximate surface area is 115 Å². The van der Waals surface area contributed by atoms with Gasteiger partial charge in [-0.25, -0.2) is 13.5 Å². The van der Waals surface area contributed by atoms with Gasteiger partial charge in [0.05, 0.1) is 24.1 Å². The highest BCUT2D eigenvalue weighted by atomic mass is 19.3. The van der Waals surface area contributed by atoms with Crippen LogP contribution in [0, 0.1) is 0 Å². The molecule has 2 rings (SSSR count). The summed E-state index contributed by atoms with van der Waals surface area (Å²) in [5.74, 6) is -0.179. The van der Waals surface area contributed by atoms with Crippen molar-refractivity contribution in [3.63, 3.8) is 0 Å². The monoisotopic (exact) mass is 280 g/mol. The van der Waals surface area contributed by atoms with Gasteiger partial charge in [-0.15, -0.1) is 0 Å². The van der Waals surface area contributed by atoms with Crippen molar-refractivity contribution in [2.45, 2.75) is 12.8 Å². The number of nitrogens with zero attached hydrogens (tertiary/aromatic N) is 2. The molecule has 1 aromatic carbocycles. The molecule has 1 aromatic heterocycles. The molecule has 0 saturated carbocycles. The Balaban J connectivity index is 1.90. The lowest BCUT2D eigenvalue weighted by atomic mass is 10.2. The summed E-state index contributed by atoms with van der Waals surface area (Å²) >= 11 is 0. The second kappa shape index (κ2) is 6.91. The maximum absolute atomic E-state index is 11.8. The van der Waals surface area contributed by atoms with Crippen molar-refractivity contribution in [2.75, 3.05) is 13.2 Å². The molecule has 0 fully saturated rings. The standard InChI is InChI=1S/C14H14F2N2O2/c15-14(16)10-20-7-6-13(19)11-8-17-18(9-11)12-4-2-1-3-5-12/h1-5,8-9,14H,6-7,10H2. The Morgan fingerprint density at radius 2 is 2.05 bits per heavy atom. The smallest absolute Gasteiger partial charge is 0.261 e. The Bertz CT molecular complexity index is 555. The molecular formula is C14H14F2N2O2. The number of aromatic nitrogens is 2. The molecule has 0 atom stereocenters. The van der Waals surface area contributed by atoms with E-state index in [1.54, 1.807) is 10.9 Å². The van der Waals surface area contributed by atoms with Crippen LogP contribution in [0.25, 0.3) is 5.69 Å². The van der Waals surface area contributed by atoms with Crippen molar-refractivity contribution in [2.24, 2.45) is 0 Å². The normalized spacial score (nSPS) is 10.9. The van der Waals surface area contributed by atoms with Crippen molar-refractivity contribution in [1.29, 1.82) is 0 Å². The molecule has 20 heavy (non-hydrogen) atoms. The van der Waals surface area contributed by atoms with Gasteiger partial charge in [0.1, 0.15) is 6.61 Å². The Hall–Kier alpha value is -2.08. The van der Waals surface area contributed by atoms with Crippen LogP contribution in [0.2, 0.25) is 0 Å². The summed E-state index contributed by atoms with van der Waals surface area (Å²) in [5, 5.41) is 4.10. The second-order valence-corrected chi connectivity index (χ2v) is 4.15. The van der Waals surface area contributed by atoms with E-state index in [2.05, 4.69) is 9.84 Å². The SMILES string of the molecule is O=C(CCOCC(F)F)c1cnn(-c2ccccc2)c1. The zero-order valence-corrected chi connectivity index (χ0v) is 10.7. The van der Waals surface area contributed by atoms with Crippen LogP contribution in [0.3, 0.4) is 0 Å². The summed E-state index contributed by atoms with van der Waals surface area (Å²) in [4.78, 5) is 11.8. The first-order valence-corrected chi connectivity index (χ1v) is 6.16. The predicted octanol–water partition coefficient (Wildman–Crippen LogP) is 2.73. The summed E-state index contributed by atoms with van der Waals surface area (Å²) in [6, 6.07) is 9.37. The van der Waals surface area contributed by atoms with E-state index in [9.17, 15) is 13.6 Å². The Kier molecular flexibility index (Phi) is 4.95. The van der Waals surface area contributed by atoms with Gasteiger partial charge in [-0.1, -0.05) is 18.2 Å². The Morgan fingerprint density at radius 1 is 1.30 bits per heavy atom. The first-order chi connectivity index (χ1) is 9.66. The number of halogens is 2. The molecule has 0 N–H and O–H groups in total. The van der Waals surface area contributed by atoms with Crippen molar-refractivity contribution in [3.05, 3.63) is 48.3 Å². The summed E-state index contributed by atoms with van der Waals surface area (Å²) in [5.41, 5.74) is 1.29. The molecule has 0 aliphatic carbocycles. The summed E-state index contributed by atoms with van der Waals surface area (Å²) < 4.78 is 30.0. The molecule has 4 nitrogen and oxygen atoms in total. The largest absolute Gasteiger partial charge is 0.375 e. The van der Waals surface area contributed by atoms with Gasteiger partial charge in [-0.3, -0.25) is 4.79 Å². The van der Waals surface area contributed by atoms with Crippen LogP contribution in [0.4, 0.5) is 8.78 Å². The van der Waals surface area contributed by atoms with Gasteiger partial charge in [0.2, 0.25) is 0 Å². The van der Waals surface area contributed by atoms with Crippen molar-refractivity contribution < 1.29 is 18.3 Å². The molecule has 0 bridgehead atoms. The van der Waals surface area contributed by atoms with E-state index in [0.717, 1.165) is 5.69 Å². The van der Waals surface area contributed by atoms with Crippen LogP contribution >= 0.6 is 0 Å². The van der Waals surface area contributed by atoms with E-state index >= 15 is 0 Å². The maximum Gasteiger partial charge on any atom is 0.261 e. The van der Waals surface area contributed by atoms with Gasteiger partial charge in [0, 0.05) is 12.6 Å². The number of para-hydroxylation sites is 1. The highest BCUT2D eigenvalue weighted by molar-refractivity contribution is 5.95. The molecular weight excluding hydrogens is 266 g/mol. The molecule has 0 radical (unpaired) electrons. The van der Waals surface area contributed by atoms with E-state index in [1.165, 1.54) is 6.20 Å². The number of rotatable bonds is 7. The van der Waals surface area contributed by atoms with Crippen LogP contribution < -0.4 is 0 Å². The quantitative estimate of drug-likeness (QED) is 0.578. The van der Waals surface area contributed by atoms with Crippen LogP contribution in [0.5, 0.6) is 0 Å². The lowest BCUT2D eigenvalue weighted by molar-refractivity contribution is 0.0170. The first kappa shape index (κ1) is 14.3. The minimum Gasteiger partial charge on any atom is -0.375 e. The summed E-state index contributed by atoms with van der Waals surface area (Å²) in [7, 11) is 0. The number of carbonyl (C=O) groups excluding carboxylic acids is 1. The molecule has 2 aromatic rings. The van der Waals surface area contributed by atoms with E-state index in [1.807, 2.05) is 30.3 Å². The molecule has 0 aliphatic heterocycles. The molecule has 106 valence electrons. The average molecular weight is 280 g/mol. The molecule has 0 spiro atoms. The highest BCUT2D eigenvalue weighted by Gasteiger charge is 2.10. The van der Waals surface area contributed by atoms with Crippen LogP contribution in [-0.2, 0) is 4.74 Å². The fourth-order valence-corrected chi connectivity index (χ4v) is 1.67. The van der Waals surface area contributed by atoms with E-state index in [-0.39, 0.29) is 18.8 Å². The van der Waals surface area contributed by atoms with Gasteiger partial charge in [-0.2, -0.15) is 5.10 Å². The topological polar surface area (TPSA) is 44.1 Å². The first-order valence-electron chi connectivity index (χ1n) is 6.16. The maximum atomic E-state index is 11.8. The average Bonchev–Trinajstić information content (AvgIpc) is 2.94. The van der Waals surface area contributed by atoms with Gasteiger partial charge in [0.25, 0.3) is 6.43 Å². The second-order valence-electron chi connectivity index (χ2n) is 4.15. The number of benzene rings is 1. The number of Topliss-reactive ketones (excluding diaryl/α,β-unsaturated/α-hetero) is 1. The summed E-state index contributed by atoms with van der Waals surface area (Å²) in [6.45, 7) is -0.657. The van der Waals surface area contributed by atoms with Crippen LogP contribution in [0.1, 0.15) is 16.8 Å². The number of hydrogen-bond acceptors (Lipinski definition) is 3. The van der Waals surface area contributed by atoms with Crippen molar-refractivity contribution in [3.8, 4) is 5.69 Å². The van der Waals surface area contributed by atoms with Crippen molar-refractivity contribution in [1.82, 2.24) is 9.78 Å². The predicted molar refractivity (Wildman–Crippen MR) is 69.3 cm³/mol. The van der Waals surface area contributed by atoms with Crippen molar-refractivity contribution >= 4 is 5.78 Å². The third kappa shape index (κ3) is 3.96.